The minimum Gasteiger partial charge on any atom is -0.385 e. The molecule has 19 heavy (non-hydrogen) atoms. The minimum atomic E-state index is -0.113. The van der Waals surface area contributed by atoms with E-state index in [0.29, 0.717) is 19.1 Å². The highest BCUT2D eigenvalue weighted by molar-refractivity contribution is 5.81. The molecule has 0 fully saturated rings. The second-order valence-electron chi connectivity index (χ2n) is 5.18. The molecule has 0 aliphatic rings. The molecule has 0 spiro atoms. The van der Waals surface area contributed by atoms with Crippen LogP contribution in [0.2, 0.25) is 0 Å². The molecule has 4 heteroatoms. The van der Waals surface area contributed by atoms with Crippen LogP contribution in [0.4, 0.5) is 0 Å². The van der Waals surface area contributed by atoms with Gasteiger partial charge >= 0.3 is 0 Å². The highest BCUT2D eigenvalue weighted by Gasteiger charge is 2.13. The van der Waals surface area contributed by atoms with E-state index in [2.05, 4.69) is 24.5 Å². The summed E-state index contributed by atoms with van der Waals surface area (Å²) in [5, 5.41) is 6.26. The Morgan fingerprint density at radius 2 is 2.00 bits per heavy atom. The number of hydrogen-bond acceptors (Lipinski definition) is 3. The van der Waals surface area contributed by atoms with Gasteiger partial charge in [0, 0.05) is 20.3 Å². The van der Waals surface area contributed by atoms with Crippen molar-refractivity contribution in [2.24, 2.45) is 5.92 Å². The van der Waals surface area contributed by atoms with Gasteiger partial charge < -0.3 is 15.4 Å². The molecule has 2 N–H and O–H groups in total. The molecular formula is C15H32N2O2. The second-order valence-corrected chi connectivity index (χ2v) is 5.18. The lowest BCUT2D eigenvalue weighted by molar-refractivity contribution is -0.122. The zero-order valence-corrected chi connectivity index (χ0v) is 13.1. The Kier molecular flexibility index (Phi) is 12.0. The molecule has 0 aliphatic carbocycles. The van der Waals surface area contributed by atoms with Gasteiger partial charge in [-0.2, -0.15) is 0 Å². The first-order valence-corrected chi connectivity index (χ1v) is 7.65. The van der Waals surface area contributed by atoms with Crippen molar-refractivity contribution in [1.29, 1.82) is 0 Å². The van der Waals surface area contributed by atoms with Gasteiger partial charge in [0.25, 0.3) is 0 Å². The number of amides is 1. The first-order valence-electron chi connectivity index (χ1n) is 7.65. The van der Waals surface area contributed by atoms with E-state index in [9.17, 15) is 4.79 Å². The fourth-order valence-electron chi connectivity index (χ4n) is 1.96. The first kappa shape index (κ1) is 18.4. The normalized spacial score (nSPS) is 14.1. The molecule has 0 bridgehead atoms. The van der Waals surface area contributed by atoms with Crippen LogP contribution in [0.25, 0.3) is 0 Å². The summed E-state index contributed by atoms with van der Waals surface area (Å²) in [5.41, 5.74) is 0. The number of nitrogens with one attached hydrogen (secondary N) is 2. The molecule has 0 aromatic carbocycles. The number of rotatable bonds is 12. The number of carbonyl (C=O) groups is 1. The highest BCUT2D eigenvalue weighted by Crippen LogP contribution is 2.11. The van der Waals surface area contributed by atoms with Crippen molar-refractivity contribution in [1.82, 2.24) is 10.6 Å². The van der Waals surface area contributed by atoms with Crippen LogP contribution in [0.5, 0.6) is 0 Å². The largest absolute Gasteiger partial charge is 0.385 e. The molecule has 1 amide bonds. The lowest BCUT2D eigenvalue weighted by Crippen LogP contribution is -2.44. The molecule has 0 aromatic heterocycles. The quantitative estimate of drug-likeness (QED) is 0.536. The van der Waals surface area contributed by atoms with Gasteiger partial charge in [-0.15, -0.1) is 0 Å². The summed E-state index contributed by atoms with van der Waals surface area (Å²) in [6, 6.07) is -0.113. The molecule has 4 nitrogen and oxygen atoms in total. The molecule has 2 unspecified atom stereocenters. The molecule has 2 atom stereocenters. The van der Waals surface area contributed by atoms with E-state index in [-0.39, 0.29) is 11.9 Å². The first-order chi connectivity index (χ1) is 9.15. The van der Waals surface area contributed by atoms with E-state index in [0.717, 1.165) is 13.0 Å². The van der Waals surface area contributed by atoms with Gasteiger partial charge in [-0.05, 0) is 32.2 Å². The van der Waals surface area contributed by atoms with E-state index in [1.165, 1.54) is 25.7 Å². The van der Waals surface area contributed by atoms with Gasteiger partial charge in [-0.1, -0.05) is 33.1 Å². The number of methoxy groups -OCH3 is 1. The zero-order valence-electron chi connectivity index (χ0n) is 13.1. The topological polar surface area (TPSA) is 50.4 Å². The maximum atomic E-state index is 11.8. The predicted molar refractivity (Wildman–Crippen MR) is 80.3 cm³/mol. The van der Waals surface area contributed by atoms with E-state index >= 15 is 0 Å². The standard InChI is InChI=1S/C15H32N2O2/c1-5-7-9-14(6-2)12-17-13(3)15(18)16-10-8-11-19-4/h13-14,17H,5-12H2,1-4H3,(H,16,18). The summed E-state index contributed by atoms with van der Waals surface area (Å²) in [5.74, 6) is 0.769. The van der Waals surface area contributed by atoms with Crippen molar-refractivity contribution in [3.8, 4) is 0 Å². The van der Waals surface area contributed by atoms with Crippen molar-refractivity contribution in [3.05, 3.63) is 0 Å². The van der Waals surface area contributed by atoms with Gasteiger partial charge in [0.1, 0.15) is 0 Å². The molecule has 0 rings (SSSR count). The maximum Gasteiger partial charge on any atom is 0.236 e. The van der Waals surface area contributed by atoms with E-state index in [1.54, 1.807) is 7.11 Å². The van der Waals surface area contributed by atoms with Crippen molar-refractivity contribution in [2.75, 3.05) is 26.8 Å². The third-order valence-corrected chi connectivity index (χ3v) is 3.47. The number of unbranched alkanes of at least 4 members (excludes halogenated alkanes) is 1. The summed E-state index contributed by atoms with van der Waals surface area (Å²) < 4.78 is 4.95. The fourth-order valence-corrected chi connectivity index (χ4v) is 1.96. The van der Waals surface area contributed by atoms with Crippen LogP contribution in [0.3, 0.4) is 0 Å². The zero-order chi connectivity index (χ0) is 14.5. The molecule has 0 saturated heterocycles. The number of hydrogen-bond donors (Lipinski definition) is 2. The van der Waals surface area contributed by atoms with Crippen LogP contribution in [-0.4, -0.2) is 38.8 Å². The van der Waals surface area contributed by atoms with Crippen molar-refractivity contribution in [2.45, 2.75) is 58.9 Å². The molecule has 114 valence electrons. The van der Waals surface area contributed by atoms with Gasteiger partial charge in [0.15, 0.2) is 0 Å². The van der Waals surface area contributed by atoms with E-state index in [4.69, 9.17) is 4.74 Å². The highest BCUT2D eigenvalue weighted by atomic mass is 16.5. The van der Waals surface area contributed by atoms with Crippen LogP contribution < -0.4 is 10.6 Å². The average Bonchev–Trinajstić information content (AvgIpc) is 2.43. The monoisotopic (exact) mass is 272 g/mol. The molecule has 0 aliphatic heterocycles. The van der Waals surface area contributed by atoms with Crippen molar-refractivity contribution >= 4 is 5.91 Å². The lowest BCUT2D eigenvalue weighted by Gasteiger charge is -2.19. The van der Waals surface area contributed by atoms with Crippen LogP contribution in [0.15, 0.2) is 0 Å². The second kappa shape index (κ2) is 12.4. The Labute approximate surface area is 118 Å². The maximum absolute atomic E-state index is 11.8. The van der Waals surface area contributed by atoms with Crippen LogP contribution in [-0.2, 0) is 9.53 Å². The Bertz CT molecular complexity index is 222. The summed E-state index contributed by atoms with van der Waals surface area (Å²) in [4.78, 5) is 11.8. The fraction of sp³-hybridized carbons (Fsp3) is 0.933. The summed E-state index contributed by atoms with van der Waals surface area (Å²) in [6.07, 6.45) is 5.81. The Morgan fingerprint density at radius 3 is 2.58 bits per heavy atom. The van der Waals surface area contributed by atoms with Gasteiger partial charge in [0.05, 0.1) is 6.04 Å². The molecular weight excluding hydrogens is 240 g/mol. The summed E-state index contributed by atoms with van der Waals surface area (Å²) >= 11 is 0. The van der Waals surface area contributed by atoms with Crippen LogP contribution in [0.1, 0.15) is 52.9 Å². The Hall–Kier alpha value is -0.610. The average molecular weight is 272 g/mol. The molecule has 0 saturated carbocycles. The lowest BCUT2D eigenvalue weighted by atomic mass is 9.99. The molecule has 0 radical (unpaired) electrons. The Balaban J connectivity index is 3.75. The summed E-state index contributed by atoms with van der Waals surface area (Å²) in [6.45, 7) is 8.68. The number of ether oxygens (including phenoxy) is 1. The van der Waals surface area contributed by atoms with Crippen molar-refractivity contribution < 1.29 is 9.53 Å². The predicted octanol–water partition coefficient (Wildman–Crippen LogP) is 2.33. The molecule has 0 aromatic rings. The van der Waals surface area contributed by atoms with Gasteiger partial charge in [-0.3, -0.25) is 4.79 Å². The van der Waals surface area contributed by atoms with E-state index < -0.39 is 0 Å². The molecule has 0 heterocycles. The number of carbonyl (C=O) groups excluding carboxylic acids is 1. The van der Waals surface area contributed by atoms with Crippen LogP contribution >= 0.6 is 0 Å². The van der Waals surface area contributed by atoms with Crippen LogP contribution in [0, 0.1) is 5.92 Å². The Morgan fingerprint density at radius 1 is 1.26 bits per heavy atom. The van der Waals surface area contributed by atoms with Gasteiger partial charge in [0.2, 0.25) is 5.91 Å². The minimum absolute atomic E-state index is 0.0847. The van der Waals surface area contributed by atoms with E-state index in [1.807, 2.05) is 6.92 Å². The SMILES string of the molecule is CCCCC(CC)CNC(C)C(=O)NCCCOC. The summed E-state index contributed by atoms with van der Waals surface area (Å²) in [7, 11) is 1.67. The third kappa shape index (κ3) is 9.91. The smallest absolute Gasteiger partial charge is 0.236 e. The third-order valence-electron chi connectivity index (χ3n) is 3.47. The van der Waals surface area contributed by atoms with Crippen molar-refractivity contribution in [3.63, 3.8) is 0 Å². The van der Waals surface area contributed by atoms with Gasteiger partial charge in [-0.25, -0.2) is 0 Å².